The van der Waals surface area contributed by atoms with Crippen LogP contribution in [0.3, 0.4) is 0 Å². The molecule has 1 aromatic carbocycles. The quantitative estimate of drug-likeness (QED) is 0.879. The molecule has 1 aliphatic heterocycles. The highest BCUT2D eigenvalue weighted by Gasteiger charge is 2.20. The third-order valence-electron chi connectivity index (χ3n) is 3.95. The number of sulfone groups is 1. The van der Waals surface area contributed by atoms with Crippen molar-refractivity contribution in [3.63, 3.8) is 0 Å². The zero-order chi connectivity index (χ0) is 15.3. The second kappa shape index (κ2) is 7.03. The summed E-state index contributed by atoms with van der Waals surface area (Å²) in [5.41, 5.74) is 0.472. The maximum Gasteiger partial charge on any atom is 0.179 e. The van der Waals surface area contributed by atoms with Gasteiger partial charge in [0.15, 0.2) is 9.84 Å². The monoisotopic (exact) mass is 307 g/mol. The molecule has 0 aliphatic carbocycles. The van der Waals surface area contributed by atoms with Crippen LogP contribution in [0.1, 0.15) is 18.4 Å². The molecule has 1 fully saturated rings. The SMILES string of the molecule is CN(CCS(=O)(=O)c1ccc(C#N)cc1)C1CCCNC1. The van der Waals surface area contributed by atoms with E-state index in [-0.39, 0.29) is 10.6 Å². The lowest BCUT2D eigenvalue weighted by Crippen LogP contribution is -2.45. The molecule has 0 radical (unpaired) electrons. The number of rotatable bonds is 5. The molecular weight excluding hydrogens is 286 g/mol. The molecule has 2 rings (SSSR count). The van der Waals surface area contributed by atoms with Gasteiger partial charge in [0.2, 0.25) is 0 Å². The van der Waals surface area contributed by atoms with E-state index in [2.05, 4.69) is 10.2 Å². The minimum atomic E-state index is -3.29. The molecule has 1 heterocycles. The fourth-order valence-corrected chi connectivity index (χ4v) is 3.83. The van der Waals surface area contributed by atoms with Gasteiger partial charge < -0.3 is 10.2 Å². The summed E-state index contributed by atoms with van der Waals surface area (Å²) in [7, 11) is -1.31. The first kappa shape index (κ1) is 16.0. The number of nitrogens with zero attached hydrogens (tertiary/aromatic N) is 2. The number of hydrogen-bond donors (Lipinski definition) is 1. The van der Waals surface area contributed by atoms with Gasteiger partial charge in [-0.15, -0.1) is 0 Å². The first-order valence-corrected chi connectivity index (χ1v) is 8.82. The predicted molar refractivity (Wildman–Crippen MR) is 81.7 cm³/mol. The molecule has 1 atom stereocenters. The smallest absolute Gasteiger partial charge is 0.179 e. The van der Waals surface area contributed by atoms with Crippen molar-refractivity contribution in [2.45, 2.75) is 23.8 Å². The van der Waals surface area contributed by atoms with Gasteiger partial charge in [0.1, 0.15) is 0 Å². The van der Waals surface area contributed by atoms with Crippen molar-refractivity contribution in [3.8, 4) is 6.07 Å². The topological polar surface area (TPSA) is 73.2 Å². The van der Waals surface area contributed by atoms with Gasteiger partial charge in [0, 0.05) is 19.1 Å². The van der Waals surface area contributed by atoms with E-state index < -0.39 is 9.84 Å². The van der Waals surface area contributed by atoms with Crippen LogP contribution in [0.25, 0.3) is 0 Å². The van der Waals surface area contributed by atoms with Gasteiger partial charge in [0.25, 0.3) is 0 Å². The number of nitriles is 1. The van der Waals surface area contributed by atoms with Crippen LogP contribution in [0.15, 0.2) is 29.2 Å². The molecule has 0 saturated carbocycles. The fourth-order valence-electron chi connectivity index (χ4n) is 2.51. The molecular formula is C15H21N3O2S. The Morgan fingerprint density at radius 1 is 1.38 bits per heavy atom. The van der Waals surface area contributed by atoms with E-state index in [1.807, 2.05) is 13.1 Å². The minimum Gasteiger partial charge on any atom is -0.315 e. The Balaban J connectivity index is 1.95. The number of piperidine rings is 1. The van der Waals surface area contributed by atoms with Gasteiger partial charge in [-0.05, 0) is 50.7 Å². The summed E-state index contributed by atoms with van der Waals surface area (Å²) in [4.78, 5) is 2.41. The number of nitrogens with one attached hydrogen (secondary N) is 1. The van der Waals surface area contributed by atoms with Gasteiger partial charge in [-0.2, -0.15) is 5.26 Å². The summed E-state index contributed by atoms with van der Waals surface area (Å²) in [5, 5.41) is 12.1. The summed E-state index contributed by atoms with van der Waals surface area (Å²) < 4.78 is 24.6. The Morgan fingerprint density at radius 2 is 2.10 bits per heavy atom. The summed E-state index contributed by atoms with van der Waals surface area (Å²) in [6.07, 6.45) is 2.25. The summed E-state index contributed by atoms with van der Waals surface area (Å²) >= 11 is 0. The van der Waals surface area contributed by atoms with Crippen LogP contribution in [0.4, 0.5) is 0 Å². The molecule has 0 aromatic heterocycles. The summed E-state index contributed by atoms with van der Waals surface area (Å²) in [6.45, 7) is 2.50. The first-order chi connectivity index (χ1) is 10.0. The van der Waals surface area contributed by atoms with Crippen LogP contribution in [0.5, 0.6) is 0 Å². The van der Waals surface area contributed by atoms with E-state index in [9.17, 15) is 8.42 Å². The third-order valence-corrected chi connectivity index (χ3v) is 5.66. The Labute approximate surface area is 126 Å². The first-order valence-electron chi connectivity index (χ1n) is 7.17. The number of benzene rings is 1. The zero-order valence-corrected chi connectivity index (χ0v) is 13.1. The lowest BCUT2D eigenvalue weighted by molar-refractivity contribution is 0.213. The maximum atomic E-state index is 12.3. The molecule has 6 heteroatoms. The molecule has 114 valence electrons. The fraction of sp³-hybridized carbons (Fsp3) is 0.533. The van der Waals surface area contributed by atoms with Gasteiger partial charge in [-0.3, -0.25) is 0 Å². The molecule has 5 nitrogen and oxygen atoms in total. The minimum absolute atomic E-state index is 0.103. The molecule has 1 N–H and O–H groups in total. The molecule has 1 saturated heterocycles. The Hall–Kier alpha value is -1.42. The van der Waals surface area contributed by atoms with Crippen LogP contribution in [0, 0.1) is 11.3 Å². The highest BCUT2D eigenvalue weighted by Crippen LogP contribution is 2.14. The molecule has 1 unspecified atom stereocenters. The predicted octanol–water partition coefficient (Wildman–Crippen LogP) is 1.02. The maximum absolute atomic E-state index is 12.3. The molecule has 1 aliphatic rings. The standard InChI is InChI=1S/C15H21N3O2S/c1-18(14-3-2-8-17-12-14)9-10-21(19,20)15-6-4-13(11-16)5-7-15/h4-7,14,17H,2-3,8-10,12H2,1H3. The Morgan fingerprint density at radius 3 is 2.67 bits per heavy atom. The molecule has 21 heavy (non-hydrogen) atoms. The largest absolute Gasteiger partial charge is 0.315 e. The van der Waals surface area contributed by atoms with Crippen molar-refractivity contribution >= 4 is 9.84 Å². The molecule has 0 spiro atoms. The number of likely N-dealkylation sites (N-methyl/N-ethyl adjacent to an activating group) is 1. The zero-order valence-electron chi connectivity index (χ0n) is 12.2. The van der Waals surface area contributed by atoms with Gasteiger partial charge in [0.05, 0.1) is 22.3 Å². The van der Waals surface area contributed by atoms with E-state index in [0.29, 0.717) is 18.2 Å². The van der Waals surface area contributed by atoms with E-state index in [0.717, 1.165) is 25.9 Å². The van der Waals surface area contributed by atoms with Crippen LogP contribution in [0.2, 0.25) is 0 Å². The average molecular weight is 307 g/mol. The molecule has 1 aromatic rings. The molecule has 0 amide bonds. The van der Waals surface area contributed by atoms with Crippen LogP contribution >= 0.6 is 0 Å². The van der Waals surface area contributed by atoms with Crippen molar-refractivity contribution < 1.29 is 8.42 Å². The van der Waals surface area contributed by atoms with E-state index in [1.165, 1.54) is 12.1 Å². The molecule has 0 bridgehead atoms. The van der Waals surface area contributed by atoms with E-state index >= 15 is 0 Å². The second-order valence-electron chi connectivity index (χ2n) is 5.44. The van der Waals surface area contributed by atoms with E-state index in [1.54, 1.807) is 12.1 Å². The number of hydrogen-bond acceptors (Lipinski definition) is 5. The third kappa shape index (κ3) is 4.27. The second-order valence-corrected chi connectivity index (χ2v) is 7.54. The normalized spacial score (nSPS) is 19.4. The highest BCUT2D eigenvalue weighted by atomic mass is 32.2. The van der Waals surface area contributed by atoms with Gasteiger partial charge in [-0.1, -0.05) is 0 Å². The Kier molecular flexibility index (Phi) is 5.34. The van der Waals surface area contributed by atoms with Gasteiger partial charge >= 0.3 is 0 Å². The van der Waals surface area contributed by atoms with Gasteiger partial charge in [-0.25, -0.2) is 8.42 Å². The Bertz CT molecular complexity index is 599. The lowest BCUT2D eigenvalue weighted by Gasteiger charge is -2.31. The summed E-state index contributed by atoms with van der Waals surface area (Å²) in [6, 6.07) is 8.51. The lowest BCUT2D eigenvalue weighted by atomic mass is 10.1. The van der Waals surface area contributed by atoms with E-state index in [4.69, 9.17) is 5.26 Å². The van der Waals surface area contributed by atoms with Crippen molar-refractivity contribution in [2.75, 3.05) is 32.4 Å². The highest BCUT2D eigenvalue weighted by molar-refractivity contribution is 7.91. The average Bonchev–Trinajstić information content (AvgIpc) is 2.53. The van der Waals surface area contributed by atoms with Crippen LogP contribution in [-0.4, -0.2) is 51.8 Å². The summed E-state index contributed by atoms with van der Waals surface area (Å²) in [5.74, 6) is 0.103. The van der Waals surface area contributed by atoms with Crippen LogP contribution in [-0.2, 0) is 9.84 Å². The van der Waals surface area contributed by atoms with Crippen LogP contribution < -0.4 is 5.32 Å². The van der Waals surface area contributed by atoms with Crippen molar-refractivity contribution in [1.29, 1.82) is 5.26 Å². The van der Waals surface area contributed by atoms with Crippen molar-refractivity contribution in [2.24, 2.45) is 0 Å². The van der Waals surface area contributed by atoms with Crippen molar-refractivity contribution in [3.05, 3.63) is 29.8 Å². The van der Waals surface area contributed by atoms with Crippen molar-refractivity contribution in [1.82, 2.24) is 10.2 Å².